The molecule has 1 aliphatic rings. The third kappa shape index (κ3) is 6.87. The number of carbonyl (C=O) groups excluding carboxylic acids is 1. The van der Waals surface area contributed by atoms with Gasteiger partial charge in [0.2, 0.25) is 0 Å². The molecule has 0 bridgehead atoms. The molecule has 0 N–H and O–H groups in total. The maximum absolute atomic E-state index is 13.8. The fourth-order valence-electron chi connectivity index (χ4n) is 4.47. The molecular formula is C34H30FIN2O3S. The Hall–Kier alpha value is -3.63. The van der Waals surface area contributed by atoms with Gasteiger partial charge >= 0.3 is 0 Å². The summed E-state index contributed by atoms with van der Waals surface area (Å²) < 4.78 is 26.1. The van der Waals surface area contributed by atoms with Gasteiger partial charge in [0.25, 0.3) is 5.91 Å². The van der Waals surface area contributed by atoms with Gasteiger partial charge in [-0.1, -0.05) is 50.2 Å². The zero-order chi connectivity index (χ0) is 29.6. The van der Waals surface area contributed by atoms with Gasteiger partial charge in [0.15, 0.2) is 16.7 Å². The highest BCUT2D eigenvalue weighted by molar-refractivity contribution is 14.1. The quantitative estimate of drug-likeness (QED) is 0.130. The second kappa shape index (κ2) is 13.6. The highest BCUT2D eigenvalue weighted by atomic mass is 127. The van der Waals surface area contributed by atoms with E-state index in [0.717, 1.165) is 38.9 Å². The fraction of sp³-hybridized carbons (Fsp3) is 0.176. The summed E-state index contributed by atoms with van der Waals surface area (Å²) in [6.45, 7) is 4.42. The number of carbonyl (C=O) groups is 1. The number of hydrogen-bond donors (Lipinski definition) is 0. The van der Waals surface area contributed by atoms with Crippen LogP contribution < -0.4 is 14.4 Å². The van der Waals surface area contributed by atoms with E-state index in [1.807, 2.05) is 60.7 Å². The van der Waals surface area contributed by atoms with E-state index >= 15 is 0 Å². The molecule has 1 aliphatic heterocycles. The van der Waals surface area contributed by atoms with Crippen LogP contribution in [0.15, 0.2) is 94.8 Å². The van der Waals surface area contributed by atoms with Gasteiger partial charge in [-0.25, -0.2) is 9.38 Å². The molecule has 42 heavy (non-hydrogen) atoms. The van der Waals surface area contributed by atoms with E-state index in [1.54, 1.807) is 18.1 Å². The molecule has 8 heteroatoms. The van der Waals surface area contributed by atoms with Crippen molar-refractivity contribution in [2.24, 2.45) is 4.99 Å². The lowest BCUT2D eigenvalue weighted by Gasteiger charge is -2.16. The van der Waals surface area contributed by atoms with Crippen molar-refractivity contribution in [3.05, 3.63) is 121 Å². The number of hydrogen-bond acceptors (Lipinski definition) is 5. The second-order valence-corrected chi connectivity index (χ2v) is 11.8. The van der Waals surface area contributed by atoms with Crippen LogP contribution in [0.5, 0.6) is 11.5 Å². The SMILES string of the molecule is CCc1ccc(N=C2S/C(=C\c3cc(I)c(OCc4cccc(F)c4)c(OC)c3)C(=O)N2c2ccc(CC)cc2)cc1. The van der Waals surface area contributed by atoms with Crippen LogP contribution in [-0.2, 0) is 24.2 Å². The van der Waals surface area contributed by atoms with E-state index in [2.05, 4.69) is 48.6 Å². The second-order valence-electron chi connectivity index (χ2n) is 9.64. The first-order valence-corrected chi connectivity index (χ1v) is 15.5. The highest BCUT2D eigenvalue weighted by Crippen LogP contribution is 2.40. The Kier molecular flexibility index (Phi) is 9.64. The number of benzene rings is 4. The molecule has 4 aromatic carbocycles. The maximum atomic E-state index is 13.8. The number of aryl methyl sites for hydroxylation is 2. The van der Waals surface area contributed by atoms with Crippen LogP contribution in [0.2, 0.25) is 0 Å². The summed E-state index contributed by atoms with van der Waals surface area (Å²) >= 11 is 3.53. The molecule has 5 rings (SSSR count). The smallest absolute Gasteiger partial charge is 0.271 e. The number of methoxy groups -OCH3 is 1. The van der Waals surface area contributed by atoms with Crippen LogP contribution >= 0.6 is 34.4 Å². The number of halogens is 2. The van der Waals surface area contributed by atoms with Crippen molar-refractivity contribution in [1.82, 2.24) is 0 Å². The molecule has 1 fully saturated rings. The largest absolute Gasteiger partial charge is 0.493 e. The van der Waals surface area contributed by atoms with Crippen LogP contribution in [0.25, 0.3) is 6.08 Å². The molecule has 4 aromatic rings. The van der Waals surface area contributed by atoms with Gasteiger partial charge in [0.1, 0.15) is 12.4 Å². The standard InChI is InChI=1S/C34H30FIN2O3S/c1-4-22-9-13-27(14-10-22)37-34-38(28-15-11-23(5-2)12-16-28)33(39)31(42-34)20-25-18-29(36)32(30(19-25)40-3)41-21-24-7-6-8-26(35)17-24/h6-20H,4-5,21H2,1-3H3/b31-20-,37-34?. The Morgan fingerprint density at radius 1 is 0.929 bits per heavy atom. The Labute approximate surface area is 263 Å². The van der Waals surface area contributed by atoms with E-state index in [0.29, 0.717) is 21.6 Å². The monoisotopic (exact) mass is 692 g/mol. The summed E-state index contributed by atoms with van der Waals surface area (Å²) in [5.41, 5.74) is 5.49. The maximum Gasteiger partial charge on any atom is 0.271 e. The van der Waals surface area contributed by atoms with Crippen molar-refractivity contribution in [2.45, 2.75) is 33.3 Å². The van der Waals surface area contributed by atoms with Crippen LogP contribution in [0.3, 0.4) is 0 Å². The first-order chi connectivity index (χ1) is 20.4. The van der Waals surface area contributed by atoms with Crippen molar-refractivity contribution >= 4 is 62.9 Å². The molecule has 1 heterocycles. The first kappa shape index (κ1) is 29.8. The predicted octanol–water partition coefficient (Wildman–Crippen LogP) is 8.95. The van der Waals surface area contributed by atoms with Gasteiger partial charge in [-0.3, -0.25) is 9.69 Å². The summed E-state index contributed by atoms with van der Waals surface area (Å²) in [5, 5.41) is 0.594. The number of aliphatic imine (C=N–C) groups is 1. The molecule has 0 radical (unpaired) electrons. The molecule has 0 aromatic heterocycles. The summed E-state index contributed by atoms with van der Waals surface area (Å²) in [4.78, 5) is 20.9. The van der Waals surface area contributed by atoms with E-state index in [4.69, 9.17) is 14.5 Å². The summed E-state index contributed by atoms with van der Waals surface area (Å²) in [6, 6.07) is 26.2. The van der Waals surface area contributed by atoms with Crippen LogP contribution in [0.1, 0.15) is 36.1 Å². The molecule has 5 nitrogen and oxygen atoms in total. The van der Waals surface area contributed by atoms with Crippen molar-refractivity contribution in [1.29, 1.82) is 0 Å². The Bertz CT molecular complexity index is 1650. The highest BCUT2D eigenvalue weighted by Gasteiger charge is 2.35. The Morgan fingerprint density at radius 2 is 1.62 bits per heavy atom. The van der Waals surface area contributed by atoms with Crippen molar-refractivity contribution in [2.75, 3.05) is 12.0 Å². The molecule has 0 saturated carbocycles. The summed E-state index contributed by atoms with van der Waals surface area (Å²) in [5.74, 6) is 0.631. The molecule has 0 atom stereocenters. The third-order valence-corrected chi connectivity index (χ3v) is 8.57. The Morgan fingerprint density at radius 3 is 2.26 bits per heavy atom. The van der Waals surface area contributed by atoms with Crippen LogP contribution in [0, 0.1) is 9.39 Å². The van der Waals surface area contributed by atoms with Crippen molar-refractivity contribution in [3.8, 4) is 11.5 Å². The Balaban J connectivity index is 1.47. The van der Waals surface area contributed by atoms with Crippen LogP contribution in [0.4, 0.5) is 15.8 Å². The average molecular weight is 693 g/mol. The van der Waals surface area contributed by atoms with Crippen molar-refractivity contribution in [3.63, 3.8) is 0 Å². The average Bonchev–Trinajstić information content (AvgIpc) is 3.30. The summed E-state index contributed by atoms with van der Waals surface area (Å²) in [6.07, 6.45) is 3.72. The van der Waals surface area contributed by atoms with E-state index in [1.165, 1.54) is 35.0 Å². The molecule has 214 valence electrons. The number of nitrogens with zero attached hydrogens (tertiary/aromatic N) is 2. The molecule has 0 aliphatic carbocycles. The van der Waals surface area contributed by atoms with Gasteiger partial charge < -0.3 is 9.47 Å². The van der Waals surface area contributed by atoms with Crippen LogP contribution in [-0.4, -0.2) is 18.2 Å². The predicted molar refractivity (Wildman–Crippen MR) is 178 cm³/mol. The number of amides is 1. The van der Waals surface area contributed by atoms with E-state index < -0.39 is 0 Å². The van der Waals surface area contributed by atoms with E-state index in [-0.39, 0.29) is 18.3 Å². The molecule has 1 saturated heterocycles. The van der Waals surface area contributed by atoms with Crippen molar-refractivity contribution < 1.29 is 18.7 Å². The zero-order valence-electron chi connectivity index (χ0n) is 23.6. The number of amidine groups is 1. The van der Waals surface area contributed by atoms with Gasteiger partial charge in [-0.15, -0.1) is 0 Å². The molecule has 0 spiro atoms. The number of thioether (sulfide) groups is 1. The minimum atomic E-state index is -0.310. The molecule has 1 amide bonds. The number of anilines is 1. The number of ether oxygens (including phenoxy) is 2. The summed E-state index contributed by atoms with van der Waals surface area (Å²) in [7, 11) is 1.57. The van der Waals surface area contributed by atoms with E-state index in [9.17, 15) is 9.18 Å². The normalized spacial score (nSPS) is 15.1. The molecule has 0 unspecified atom stereocenters. The molecular weight excluding hydrogens is 662 g/mol. The lowest BCUT2D eigenvalue weighted by Crippen LogP contribution is -2.28. The van der Waals surface area contributed by atoms with Gasteiger partial charge in [0.05, 0.1) is 27.0 Å². The first-order valence-electron chi connectivity index (χ1n) is 13.6. The number of rotatable bonds is 9. The minimum Gasteiger partial charge on any atom is -0.493 e. The minimum absolute atomic E-state index is 0.145. The lowest BCUT2D eigenvalue weighted by molar-refractivity contribution is -0.113. The third-order valence-electron chi connectivity index (χ3n) is 6.80. The van der Waals surface area contributed by atoms with Gasteiger partial charge in [-0.05, 0) is 124 Å². The van der Waals surface area contributed by atoms with Gasteiger partial charge in [0, 0.05) is 0 Å². The van der Waals surface area contributed by atoms with Gasteiger partial charge in [-0.2, -0.15) is 0 Å². The fourth-order valence-corrected chi connectivity index (χ4v) is 6.25. The zero-order valence-corrected chi connectivity index (χ0v) is 26.5. The topological polar surface area (TPSA) is 51.1 Å². The lowest BCUT2D eigenvalue weighted by atomic mass is 10.1.